The maximum atomic E-state index is 15.5. The number of amides is 2. The number of anilines is 1. The number of carbonyl (C=O) groups is 3. The third-order valence-corrected chi connectivity index (χ3v) is 12.0. The summed E-state index contributed by atoms with van der Waals surface area (Å²) in [4.78, 5) is 52.3. The molecule has 9 rings (SSSR count). The van der Waals surface area contributed by atoms with E-state index in [0.717, 1.165) is 22.4 Å². The monoisotopic (exact) mass is 824 g/mol. The number of nitrogens with one attached hydrogen (secondary N) is 2. The third kappa shape index (κ3) is 7.33. The first-order chi connectivity index (χ1) is 30.4. The molecule has 3 N–H and O–H groups in total. The molecule has 1 aromatic heterocycles. The van der Waals surface area contributed by atoms with Crippen molar-refractivity contribution in [3.8, 4) is 23.3 Å². The number of methoxy groups -OCH3 is 1. The number of aliphatic hydroxyl groups excluding tert-OH is 1. The molecule has 5 aromatic carbocycles. The molecular weight excluding hydrogens is 781 g/mol. The van der Waals surface area contributed by atoms with Crippen LogP contribution in [0.15, 0.2) is 152 Å². The second-order valence-electron chi connectivity index (χ2n) is 15.5. The van der Waals surface area contributed by atoms with Gasteiger partial charge in [0.15, 0.2) is 0 Å². The first-order valence-electron chi connectivity index (χ1n) is 20.6. The second kappa shape index (κ2) is 17.4. The first-order valence-corrected chi connectivity index (χ1v) is 20.6. The Morgan fingerprint density at radius 1 is 0.806 bits per heavy atom. The summed E-state index contributed by atoms with van der Waals surface area (Å²) in [5.41, 5.74) is 3.84. The maximum Gasteiger partial charge on any atom is 0.324 e. The molecule has 4 heterocycles. The molecule has 2 fully saturated rings. The van der Waals surface area contributed by atoms with E-state index in [-0.39, 0.29) is 19.8 Å². The van der Waals surface area contributed by atoms with Gasteiger partial charge in [0.05, 0.1) is 31.7 Å². The number of benzene rings is 5. The van der Waals surface area contributed by atoms with Crippen LogP contribution < -0.4 is 20.1 Å². The van der Waals surface area contributed by atoms with Crippen molar-refractivity contribution in [1.29, 1.82) is 0 Å². The van der Waals surface area contributed by atoms with Crippen molar-refractivity contribution >= 4 is 23.5 Å². The molecule has 0 unspecified atom stereocenters. The molecular formula is C51H44N4O7. The fourth-order valence-electron chi connectivity index (χ4n) is 9.37. The molecule has 11 heteroatoms. The van der Waals surface area contributed by atoms with Gasteiger partial charge in [-0.05, 0) is 89.0 Å². The van der Waals surface area contributed by atoms with Gasteiger partial charge in [0.2, 0.25) is 11.8 Å². The summed E-state index contributed by atoms with van der Waals surface area (Å²) in [6.07, 6.45) is 1.33. The van der Waals surface area contributed by atoms with E-state index in [1.54, 1.807) is 25.4 Å². The van der Waals surface area contributed by atoms with E-state index in [4.69, 9.17) is 14.2 Å². The lowest BCUT2D eigenvalue weighted by atomic mass is 9.65. The largest absolute Gasteiger partial charge is 0.497 e. The van der Waals surface area contributed by atoms with Crippen LogP contribution >= 0.6 is 0 Å². The lowest BCUT2D eigenvalue weighted by Gasteiger charge is -2.46. The van der Waals surface area contributed by atoms with Crippen LogP contribution in [0.25, 0.3) is 0 Å². The summed E-state index contributed by atoms with van der Waals surface area (Å²) < 4.78 is 17.6. The molecule has 310 valence electrons. The average Bonchev–Trinajstić information content (AvgIpc) is 3.80. The Morgan fingerprint density at radius 3 is 2.18 bits per heavy atom. The van der Waals surface area contributed by atoms with E-state index >= 15 is 14.4 Å². The molecule has 0 aliphatic carbocycles. The van der Waals surface area contributed by atoms with Gasteiger partial charge in [-0.2, -0.15) is 0 Å². The fourth-order valence-corrected chi connectivity index (χ4v) is 9.37. The topological polar surface area (TPSA) is 139 Å². The van der Waals surface area contributed by atoms with E-state index in [1.807, 2.05) is 133 Å². The van der Waals surface area contributed by atoms with Crippen molar-refractivity contribution in [2.24, 2.45) is 5.92 Å². The fraction of sp³-hybridized carbons (Fsp3) is 0.216. The van der Waals surface area contributed by atoms with Crippen molar-refractivity contribution in [3.63, 3.8) is 0 Å². The van der Waals surface area contributed by atoms with Gasteiger partial charge in [-0.1, -0.05) is 90.7 Å². The first kappa shape index (κ1) is 40.2. The Bertz CT molecular complexity index is 2630. The highest BCUT2D eigenvalue weighted by atomic mass is 16.6. The Morgan fingerprint density at radius 2 is 1.48 bits per heavy atom. The zero-order valence-corrected chi connectivity index (χ0v) is 33.9. The van der Waals surface area contributed by atoms with E-state index in [9.17, 15) is 5.11 Å². The van der Waals surface area contributed by atoms with Crippen molar-refractivity contribution in [2.75, 3.05) is 32.2 Å². The number of hydrogen-bond donors (Lipinski definition) is 3. The molecule has 2 saturated heterocycles. The molecule has 11 nitrogen and oxygen atoms in total. The van der Waals surface area contributed by atoms with Gasteiger partial charge in [0.1, 0.15) is 35.7 Å². The summed E-state index contributed by atoms with van der Waals surface area (Å²) in [5.74, 6) is 4.96. The Balaban J connectivity index is 1.26. The van der Waals surface area contributed by atoms with Gasteiger partial charge >= 0.3 is 5.97 Å². The van der Waals surface area contributed by atoms with Crippen LogP contribution in [0.1, 0.15) is 57.3 Å². The lowest BCUT2D eigenvalue weighted by molar-refractivity contribution is -0.178. The number of aromatic nitrogens is 1. The lowest BCUT2D eigenvalue weighted by Crippen LogP contribution is -2.55. The van der Waals surface area contributed by atoms with Gasteiger partial charge in [-0.15, -0.1) is 0 Å². The number of esters is 1. The second-order valence-corrected chi connectivity index (χ2v) is 15.5. The number of aliphatic hydroxyl groups is 1. The molecule has 6 atom stereocenters. The number of rotatable bonds is 11. The Hall–Kier alpha value is -7.26. The molecule has 6 aromatic rings. The minimum Gasteiger partial charge on any atom is -0.497 e. The minimum atomic E-state index is -1.68. The molecule has 62 heavy (non-hydrogen) atoms. The quantitative estimate of drug-likeness (QED) is 0.0989. The van der Waals surface area contributed by atoms with Crippen molar-refractivity contribution in [2.45, 2.75) is 36.1 Å². The van der Waals surface area contributed by atoms with E-state index < -0.39 is 53.3 Å². The third-order valence-electron chi connectivity index (χ3n) is 12.0. The van der Waals surface area contributed by atoms with Gasteiger partial charge in [-0.3, -0.25) is 24.3 Å². The molecule has 0 saturated carbocycles. The van der Waals surface area contributed by atoms with Crippen LogP contribution in [0.3, 0.4) is 0 Å². The number of ether oxygens (including phenoxy) is 3. The summed E-state index contributed by atoms with van der Waals surface area (Å²) >= 11 is 0. The molecule has 1 spiro atoms. The molecule has 0 radical (unpaired) electrons. The molecule has 3 aliphatic heterocycles. The zero-order chi connectivity index (χ0) is 42.6. The number of pyridine rings is 1. The van der Waals surface area contributed by atoms with Gasteiger partial charge in [0.25, 0.3) is 0 Å². The predicted molar refractivity (Wildman–Crippen MR) is 232 cm³/mol. The number of morpholine rings is 1. The maximum absolute atomic E-state index is 15.5. The zero-order valence-electron chi connectivity index (χ0n) is 33.9. The number of hydrogen-bond acceptors (Lipinski definition) is 9. The van der Waals surface area contributed by atoms with Gasteiger partial charge in [-0.25, -0.2) is 0 Å². The number of fused-ring (bicyclic) bond motifs is 3. The van der Waals surface area contributed by atoms with Crippen molar-refractivity contribution in [3.05, 3.63) is 191 Å². The highest BCUT2D eigenvalue weighted by Crippen LogP contribution is 2.64. The van der Waals surface area contributed by atoms with E-state index in [1.165, 1.54) is 0 Å². The van der Waals surface area contributed by atoms with Crippen LogP contribution in [-0.2, 0) is 31.0 Å². The average molecular weight is 825 g/mol. The predicted octanol–water partition coefficient (Wildman–Crippen LogP) is 6.49. The van der Waals surface area contributed by atoms with E-state index in [2.05, 4.69) is 32.4 Å². The van der Waals surface area contributed by atoms with Crippen LogP contribution in [0.2, 0.25) is 0 Å². The minimum absolute atomic E-state index is 0.0957. The Labute approximate surface area is 359 Å². The van der Waals surface area contributed by atoms with Gasteiger partial charge in [0, 0.05) is 41.7 Å². The highest BCUT2D eigenvalue weighted by molar-refractivity contribution is 6.12. The summed E-state index contributed by atoms with van der Waals surface area (Å²) in [7, 11) is 1.61. The van der Waals surface area contributed by atoms with E-state index in [0.29, 0.717) is 40.3 Å². The standard InChI is InChI=1S/C51H44N4O7/c1-60-39-22-17-33(18-23-39)15-16-34-19-26-42-41(32-34)51(50(59)54-42)43(48(57)53-29-27-38-14-8-9-28-52-38)45-49(58)62-46(36-12-6-3-7-13-36)44(35-10-4-2-5-11-35)55(45)47(51)37-20-24-40(25-21-37)61-31-30-56/h2-14,17-26,28,32,43-47,56H,27,29-31H2,1H3,(H,53,57)(H,54,59)/t43-,44-,45-,46+,47+,51-/m0/s1. The molecule has 0 bridgehead atoms. The normalized spacial score (nSPS) is 22.4. The Kier molecular flexibility index (Phi) is 11.3. The van der Waals surface area contributed by atoms with Crippen molar-refractivity contribution in [1.82, 2.24) is 15.2 Å². The van der Waals surface area contributed by atoms with Crippen LogP contribution in [-0.4, -0.2) is 65.7 Å². The molecule has 3 aliphatic rings. The molecule has 2 amide bonds. The summed E-state index contributed by atoms with van der Waals surface area (Å²) in [6.45, 7) is 0.142. The summed E-state index contributed by atoms with van der Waals surface area (Å²) in [6, 6.07) is 42.4. The van der Waals surface area contributed by atoms with Crippen LogP contribution in [0, 0.1) is 17.8 Å². The van der Waals surface area contributed by atoms with Crippen molar-refractivity contribution < 1.29 is 33.7 Å². The van der Waals surface area contributed by atoms with Crippen LogP contribution in [0.5, 0.6) is 11.5 Å². The number of cyclic esters (lactones) is 1. The SMILES string of the molecule is COc1ccc(C#Cc2ccc3c(c2)[C@]2(C(=O)N3)[C@H](C(=O)NCCc3ccccn3)[C@H]3C(=O)O[C@H](c4ccccc4)[C@H](c4ccccc4)N3[C@@H]2c2ccc(OCCO)cc2)cc1. The summed E-state index contributed by atoms with van der Waals surface area (Å²) in [5, 5.41) is 15.8. The highest BCUT2D eigenvalue weighted by Gasteiger charge is 2.74. The van der Waals surface area contributed by atoms with Gasteiger partial charge < -0.3 is 30.0 Å². The smallest absolute Gasteiger partial charge is 0.324 e. The number of carbonyl (C=O) groups excluding carboxylic acids is 3. The number of nitrogens with zero attached hydrogens (tertiary/aromatic N) is 2. The van der Waals surface area contributed by atoms with Crippen LogP contribution in [0.4, 0.5) is 5.69 Å².